The van der Waals surface area contributed by atoms with Crippen LogP contribution in [0.3, 0.4) is 0 Å². The largest absolute Gasteiger partial charge is 0.534 e. The highest BCUT2D eigenvalue weighted by molar-refractivity contribution is 7.88. The van der Waals surface area contributed by atoms with E-state index < -0.39 is 73.2 Å². The predicted molar refractivity (Wildman–Crippen MR) is 115 cm³/mol. The molecular weight excluding hydrogens is 580 g/mol. The number of nitrogens with one attached hydrogen (secondary N) is 2. The molecule has 1 saturated carbocycles. The van der Waals surface area contributed by atoms with Gasteiger partial charge in [-0.1, -0.05) is 23.7 Å². The van der Waals surface area contributed by atoms with E-state index in [-0.39, 0.29) is 24.0 Å². The molecule has 1 aliphatic rings. The lowest BCUT2D eigenvalue weighted by Crippen LogP contribution is -2.53. The Morgan fingerprint density at radius 3 is 2.13 bits per heavy atom. The van der Waals surface area contributed by atoms with Gasteiger partial charge < -0.3 is 14.8 Å². The quantitative estimate of drug-likeness (QED) is 0.270. The summed E-state index contributed by atoms with van der Waals surface area (Å²) >= 11 is 5.72. The van der Waals surface area contributed by atoms with Gasteiger partial charge in [0.2, 0.25) is 5.91 Å². The third-order valence-corrected chi connectivity index (χ3v) is 6.58. The second-order valence-electron chi connectivity index (χ2n) is 8.21. The summed E-state index contributed by atoms with van der Waals surface area (Å²) in [6, 6.07) is 2.80. The van der Waals surface area contributed by atoms with Crippen molar-refractivity contribution in [3.05, 3.63) is 52.6 Å². The molecule has 7 nitrogen and oxygen atoms in total. The summed E-state index contributed by atoms with van der Waals surface area (Å²) in [6.45, 7) is 1.25. The van der Waals surface area contributed by atoms with Crippen molar-refractivity contribution < 1.29 is 57.3 Å². The Kier molecular flexibility index (Phi) is 7.64. The molecule has 0 radical (unpaired) electrons. The number of hydrogen-bond acceptors (Lipinski definition) is 5. The summed E-state index contributed by atoms with van der Waals surface area (Å²) in [5.41, 5.74) is -9.01. The number of rotatable bonds is 7. The first-order valence-corrected chi connectivity index (χ1v) is 12.1. The zero-order chi connectivity index (χ0) is 28.8. The SMILES string of the molecule is C[C@@H](NC(=O)C1(NC(=O)C(F)(F)F)CC1)c1ccc(-c2cc(Cl)cc(F)c2OS(=O)(=O)C(F)(F)F)cc1F. The first-order chi connectivity index (χ1) is 17.3. The fourth-order valence-electron chi connectivity index (χ4n) is 3.30. The lowest BCUT2D eigenvalue weighted by Gasteiger charge is -2.22. The topological polar surface area (TPSA) is 102 Å². The van der Waals surface area contributed by atoms with E-state index in [0.717, 1.165) is 18.2 Å². The van der Waals surface area contributed by atoms with Crippen molar-refractivity contribution in [1.82, 2.24) is 10.6 Å². The second kappa shape index (κ2) is 9.87. The Balaban J connectivity index is 1.88. The van der Waals surface area contributed by atoms with E-state index in [4.69, 9.17) is 11.6 Å². The van der Waals surface area contributed by atoms with Gasteiger partial charge in [-0.3, -0.25) is 9.59 Å². The lowest BCUT2D eigenvalue weighted by atomic mass is 9.99. The fraction of sp³-hybridized carbons (Fsp3) is 0.333. The van der Waals surface area contributed by atoms with E-state index in [1.165, 1.54) is 6.92 Å². The summed E-state index contributed by atoms with van der Waals surface area (Å²) in [4.78, 5) is 23.7. The maximum absolute atomic E-state index is 14.9. The molecule has 0 saturated heterocycles. The Bertz CT molecular complexity index is 1390. The molecule has 2 aromatic carbocycles. The number of halogens is 9. The van der Waals surface area contributed by atoms with Crippen molar-refractivity contribution in [3.63, 3.8) is 0 Å². The molecule has 1 fully saturated rings. The number of carbonyl (C=O) groups excluding carboxylic acids is 2. The molecule has 0 spiro atoms. The zero-order valence-electron chi connectivity index (χ0n) is 18.7. The smallest absolute Gasteiger partial charge is 0.372 e. The molecule has 0 bridgehead atoms. The summed E-state index contributed by atoms with van der Waals surface area (Å²) in [5, 5.41) is 3.46. The van der Waals surface area contributed by atoms with Gasteiger partial charge in [0, 0.05) is 16.1 Å². The summed E-state index contributed by atoms with van der Waals surface area (Å²) in [7, 11) is -6.31. The summed E-state index contributed by atoms with van der Waals surface area (Å²) in [6.07, 6.45) is -5.43. The molecule has 2 N–H and O–H groups in total. The van der Waals surface area contributed by atoms with Crippen LogP contribution in [-0.4, -0.2) is 37.5 Å². The average Bonchev–Trinajstić information content (AvgIpc) is 3.54. The van der Waals surface area contributed by atoms with Gasteiger partial charge in [-0.05, 0) is 43.5 Å². The van der Waals surface area contributed by atoms with Crippen LogP contribution in [0.4, 0.5) is 35.1 Å². The van der Waals surface area contributed by atoms with Crippen molar-refractivity contribution in [3.8, 4) is 16.9 Å². The first-order valence-electron chi connectivity index (χ1n) is 10.3. The molecule has 0 heterocycles. The van der Waals surface area contributed by atoms with Crippen LogP contribution in [0.15, 0.2) is 30.3 Å². The van der Waals surface area contributed by atoms with Crippen LogP contribution >= 0.6 is 11.6 Å². The van der Waals surface area contributed by atoms with Crippen molar-refractivity contribution in [2.24, 2.45) is 0 Å². The van der Waals surface area contributed by atoms with Gasteiger partial charge in [-0.25, -0.2) is 8.78 Å². The maximum Gasteiger partial charge on any atom is 0.534 e. The molecule has 38 heavy (non-hydrogen) atoms. The number of amides is 2. The van der Waals surface area contributed by atoms with Crippen LogP contribution in [0.5, 0.6) is 5.75 Å². The van der Waals surface area contributed by atoms with Crippen LogP contribution in [0, 0.1) is 11.6 Å². The molecule has 0 unspecified atom stereocenters. The van der Waals surface area contributed by atoms with E-state index in [0.29, 0.717) is 12.1 Å². The van der Waals surface area contributed by atoms with Crippen LogP contribution in [0.1, 0.15) is 31.4 Å². The minimum absolute atomic E-state index is 0.0985. The number of carbonyl (C=O) groups is 2. The lowest BCUT2D eigenvalue weighted by molar-refractivity contribution is -0.175. The van der Waals surface area contributed by atoms with E-state index in [1.54, 1.807) is 5.32 Å². The van der Waals surface area contributed by atoms with Crippen molar-refractivity contribution >= 4 is 33.5 Å². The van der Waals surface area contributed by atoms with Crippen LogP contribution in [-0.2, 0) is 19.7 Å². The maximum atomic E-state index is 14.9. The van der Waals surface area contributed by atoms with Crippen molar-refractivity contribution in [2.75, 3.05) is 0 Å². The summed E-state index contributed by atoms with van der Waals surface area (Å²) in [5.74, 6) is -7.47. The molecular formula is C21H15ClF8N2O5S. The van der Waals surface area contributed by atoms with Gasteiger partial charge >= 0.3 is 27.7 Å². The monoisotopic (exact) mass is 594 g/mol. The molecule has 3 rings (SSSR count). The van der Waals surface area contributed by atoms with E-state index in [1.807, 2.05) is 0 Å². The zero-order valence-corrected chi connectivity index (χ0v) is 20.3. The van der Waals surface area contributed by atoms with Gasteiger partial charge in [0.05, 0.1) is 6.04 Å². The molecule has 1 atom stereocenters. The van der Waals surface area contributed by atoms with Gasteiger partial charge in [-0.15, -0.1) is 0 Å². The molecule has 1 aliphatic carbocycles. The van der Waals surface area contributed by atoms with E-state index >= 15 is 0 Å². The van der Waals surface area contributed by atoms with Gasteiger partial charge in [0.1, 0.15) is 11.4 Å². The van der Waals surface area contributed by atoms with E-state index in [9.17, 15) is 53.1 Å². The first kappa shape index (κ1) is 29.4. The molecule has 0 aliphatic heterocycles. The highest BCUT2D eigenvalue weighted by Gasteiger charge is 2.55. The van der Waals surface area contributed by atoms with Crippen molar-refractivity contribution in [2.45, 2.75) is 43.0 Å². The Labute approximate surface area is 214 Å². The number of benzene rings is 2. The van der Waals surface area contributed by atoms with Crippen LogP contribution < -0.4 is 14.8 Å². The second-order valence-corrected chi connectivity index (χ2v) is 10.2. The summed E-state index contributed by atoms with van der Waals surface area (Å²) < 4.78 is 132. The molecule has 2 aromatic rings. The van der Waals surface area contributed by atoms with Crippen molar-refractivity contribution in [1.29, 1.82) is 0 Å². The van der Waals surface area contributed by atoms with Gasteiger partial charge in [0.25, 0.3) is 0 Å². The number of hydrogen-bond donors (Lipinski definition) is 2. The minimum Gasteiger partial charge on any atom is -0.372 e. The molecule has 0 aromatic heterocycles. The third kappa shape index (κ3) is 6.11. The van der Waals surface area contributed by atoms with Crippen LogP contribution in [0.2, 0.25) is 5.02 Å². The molecule has 208 valence electrons. The average molecular weight is 595 g/mol. The molecule has 2 amide bonds. The fourth-order valence-corrected chi connectivity index (χ4v) is 3.99. The standard InChI is InChI=1S/C21H15ClF8N2O5S/c1-9(31-17(33)19(4-5-19)32-18(34)20(25,26)27)12-3-2-10(6-14(12)23)13-7-11(22)8-15(24)16(13)37-38(35,36)21(28,29)30/h2-3,6-9H,4-5H2,1H3,(H,31,33)(H,32,34)/t9-/m1/s1. The highest BCUT2D eigenvalue weighted by atomic mass is 35.5. The number of alkyl halides is 6. The normalized spacial score (nSPS) is 15.9. The van der Waals surface area contributed by atoms with Gasteiger partial charge in [0.15, 0.2) is 11.6 Å². The Morgan fingerprint density at radius 1 is 1.03 bits per heavy atom. The Morgan fingerprint density at radius 2 is 1.63 bits per heavy atom. The van der Waals surface area contributed by atoms with Gasteiger partial charge in [-0.2, -0.15) is 34.8 Å². The highest BCUT2D eigenvalue weighted by Crippen LogP contribution is 2.40. The van der Waals surface area contributed by atoms with E-state index in [2.05, 4.69) is 9.50 Å². The third-order valence-electron chi connectivity index (χ3n) is 5.41. The molecule has 17 heteroatoms. The van der Waals surface area contributed by atoms with Crippen LogP contribution in [0.25, 0.3) is 11.1 Å². The predicted octanol–water partition coefficient (Wildman–Crippen LogP) is 4.90. The Hall–Kier alpha value is -3.14. The minimum atomic E-state index is -6.31.